The Labute approximate surface area is 60.1 Å². The van der Waals surface area contributed by atoms with Crippen molar-refractivity contribution >= 4 is 0 Å². The van der Waals surface area contributed by atoms with Gasteiger partial charge in [-0.15, -0.1) is 0 Å². The van der Waals surface area contributed by atoms with Crippen molar-refractivity contribution in [2.45, 2.75) is 31.7 Å². The smallest absolute Gasteiger partial charge is 0.137 e. The molecule has 0 bridgehead atoms. The Kier molecular flexibility index (Phi) is 1.42. The summed E-state index contributed by atoms with van der Waals surface area (Å²) in [6.45, 7) is 0. The monoisotopic (exact) mass is 137 g/mol. The molecule has 1 aliphatic carbocycles. The van der Waals surface area contributed by atoms with Gasteiger partial charge in [0.05, 0.1) is 6.04 Å². The minimum atomic E-state index is 0.641. The molecule has 54 valence electrons. The van der Waals surface area contributed by atoms with Gasteiger partial charge in [-0.25, -0.2) is 9.67 Å². The lowest BCUT2D eigenvalue weighted by molar-refractivity contribution is 0.465. The van der Waals surface area contributed by atoms with E-state index in [1.165, 1.54) is 25.7 Å². The molecule has 0 aliphatic heterocycles. The summed E-state index contributed by atoms with van der Waals surface area (Å²) >= 11 is 0. The van der Waals surface area contributed by atoms with Crippen LogP contribution >= 0.6 is 0 Å². The zero-order valence-electron chi connectivity index (χ0n) is 5.90. The second-order valence-electron chi connectivity index (χ2n) is 2.81. The average Bonchev–Trinajstić information content (AvgIpc) is 2.59. The van der Waals surface area contributed by atoms with E-state index in [2.05, 4.69) is 10.1 Å². The van der Waals surface area contributed by atoms with Gasteiger partial charge in [-0.05, 0) is 12.8 Å². The van der Waals surface area contributed by atoms with Crippen LogP contribution < -0.4 is 0 Å². The molecule has 3 heteroatoms. The average molecular weight is 137 g/mol. The fourth-order valence-electron chi connectivity index (χ4n) is 1.57. The first-order valence-electron chi connectivity index (χ1n) is 3.81. The Hall–Kier alpha value is -0.860. The minimum Gasteiger partial charge on any atom is -0.250 e. The molecule has 1 aliphatic rings. The normalized spacial score (nSPS) is 20.0. The highest BCUT2D eigenvalue weighted by Gasteiger charge is 2.16. The fraction of sp³-hybridized carbons (Fsp3) is 0.714. The first kappa shape index (κ1) is 5.89. The zero-order chi connectivity index (χ0) is 6.81. The minimum absolute atomic E-state index is 0.641. The van der Waals surface area contributed by atoms with E-state index in [4.69, 9.17) is 0 Å². The topological polar surface area (TPSA) is 30.7 Å². The van der Waals surface area contributed by atoms with Crippen LogP contribution in [0.4, 0.5) is 0 Å². The van der Waals surface area contributed by atoms with Gasteiger partial charge >= 0.3 is 0 Å². The molecule has 10 heavy (non-hydrogen) atoms. The van der Waals surface area contributed by atoms with E-state index in [1.807, 2.05) is 11.0 Å². The van der Waals surface area contributed by atoms with Gasteiger partial charge in [0.1, 0.15) is 12.7 Å². The van der Waals surface area contributed by atoms with Gasteiger partial charge in [0, 0.05) is 0 Å². The maximum absolute atomic E-state index is 4.10. The highest BCUT2D eigenvalue weighted by molar-refractivity contribution is 4.73. The molecule has 1 saturated carbocycles. The molecule has 0 radical (unpaired) electrons. The summed E-state index contributed by atoms with van der Waals surface area (Å²) in [6.07, 6.45) is 8.69. The molecule has 0 atom stereocenters. The quantitative estimate of drug-likeness (QED) is 0.585. The lowest BCUT2D eigenvalue weighted by Crippen LogP contribution is -2.04. The highest BCUT2D eigenvalue weighted by Crippen LogP contribution is 2.27. The van der Waals surface area contributed by atoms with E-state index >= 15 is 0 Å². The van der Waals surface area contributed by atoms with Crippen molar-refractivity contribution in [2.24, 2.45) is 0 Å². The first-order valence-corrected chi connectivity index (χ1v) is 3.81. The largest absolute Gasteiger partial charge is 0.250 e. The second-order valence-corrected chi connectivity index (χ2v) is 2.81. The van der Waals surface area contributed by atoms with Crippen molar-refractivity contribution in [1.82, 2.24) is 14.8 Å². The summed E-state index contributed by atoms with van der Waals surface area (Å²) in [5, 5.41) is 4.10. The summed E-state index contributed by atoms with van der Waals surface area (Å²) in [7, 11) is 0. The molecule has 0 spiro atoms. The summed E-state index contributed by atoms with van der Waals surface area (Å²) in [5.74, 6) is 0. The maximum atomic E-state index is 4.10. The van der Waals surface area contributed by atoms with Crippen molar-refractivity contribution in [3.05, 3.63) is 12.7 Å². The standard InChI is InChI=1S/C7H11N3/c1-2-4-7(3-1)10-6-8-5-9-10/h5-7H,1-4H2. The molecule has 1 fully saturated rings. The van der Waals surface area contributed by atoms with Crippen molar-refractivity contribution < 1.29 is 0 Å². The van der Waals surface area contributed by atoms with Crippen LogP contribution in [0.5, 0.6) is 0 Å². The van der Waals surface area contributed by atoms with E-state index in [0.717, 1.165) is 0 Å². The van der Waals surface area contributed by atoms with Crippen LogP contribution in [0.1, 0.15) is 31.7 Å². The zero-order valence-corrected chi connectivity index (χ0v) is 5.90. The number of hydrogen-bond donors (Lipinski definition) is 0. The van der Waals surface area contributed by atoms with E-state index in [-0.39, 0.29) is 0 Å². The Morgan fingerprint density at radius 1 is 1.30 bits per heavy atom. The SMILES string of the molecule is c1ncn(C2CCCC2)n1. The predicted molar refractivity (Wildman–Crippen MR) is 37.5 cm³/mol. The Morgan fingerprint density at radius 2 is 2.10 bits per heavy atom. The second kappa shape index (κ2) is 2.40. The molecule has 0 aromatic carbocycles. The summed E-state index contributed by atoms with van der Waals surface area (Å²) < 4.78 is 1.98. The molecule has 1 aromatic heterocycles. The van der Waals surface area contributed by atoms with E-state index in [9.17, 15) is 0 Å². The van der Waals surface area contributed by atoms with Crippen LogP contribution in [0.15, 0.2) is 12.7 Å². The number of nitrogens with zero attached hydrogens (tertiary/aromatic N) is 3. The van der Waals surface area contributed by atoms with Crippen molar-refractivity contribution in [3.8, 4) is 0 Å². The van der Waals surface area contributed by atoms with Crippen molar-refractivity contribution in [1.29, 1.82) is 0 Å². The summed E-state index contributed by atoms with van der Waals surface area (Å²) in [4.78, 5) is 3.92. The molecule has 3 nitrogen and oxygen atoms in total. The van der Waals surface area contributed by atoms with Crippen LogP contribution in [-0.2, 0) is 0 Å². The van der Waals surface area contributed by atoms with Crippen LogP contribution in [-0.4, -0.2) is 14.8 Å². The van der Waals surface area contributed by atoms with Crippen LogP contribution in [0.25, 0.3) is 0 Å². The number of rotatable bonds is 1. The molecule has 0 N–H and O–H groups in total. The predicted octanol–water partition coefficient (Wildman–Crippen LogP) is 1.39. The Balaban J connectivity index is 2.12. The molecule has 2 rings (SSSR count). The molecule has 0 unspecified atom stereocenters. The lowest BCUT2D eigenvalue weighted by Gasteiger charge is -2.06. The van der Waals surface area contributed by atoms with Crippen LogP contribution in [0.2, 0.25) is 0 Å². The van der Waals surface area contributed by atoms with Crippen LogP contribution in [0, 0.1) is 0 Å². The number of aromatic nitrogens is 3. The molecule has 1 aromatic rings. The fourth-order valence-corrected chi connectivity index (χ4v) is 1.57. The number of hydrogen-bond acceptors (Lipinski definition) is 2. The van der Waals surface area contributed by atoms with Gasteiger partial charge in [-0.2, -0.15) is 5.10 Å². The van der Waals surface area contributed by atoms with Gasteiger partial charge in [0.15, 0.2) is 0 Å². The summed E-state index contributed by atoms with van der Waals surface area (Å²) in [5.41, 5.74) is 0. The molecular weight excluding hydrogens is 126 g/mol. The van der Waals surface area contributed by atoms with Crippen molar-refractivity contribution in [3.63, 3.8) is 0 Å². The lowest BCUT2D eigenvalue weighted by atomic mass is 10.3. The third kappa shape index (κ3) is 0.916. The molecular formula is C7H11N3. The van der Waals surface area contributed by atoms with E-state index in [1.54, 1.807) is 6.33 Å². The molecule has 0 saturated heterocycles. The van der Waals surface area contributed by atoms with Crippen LogP contribution in [0.3, 0.4) is 0 Å². The van der Waals surface area contributed by atoms with Gasteiger partial charge < -0.3 is 0 Å². The Morgan fingerprint density at radius 3 is 2.70 bits per heavy atom. The third-order valence-corrected chi connectivity index (χ3v) is 2.14. The summed E-state index contributed by atoms with van der Waals surface area (Å²) in [6, 6.07) is 0.641. The molecule has 0 amide bonds. The Bertz CT molecular complexity index is 187. The van der Waals surface area contributed by atoms with E-state index in [0.29, 0.717) is 6.04 Å². The van der Waals surface area contributed by atoms with Gasteiger partial charge in [0.25, 0.3) is 0 Å². The van der Waals surface area contributed by atoms with Gasteiger partial charge in [-0.1, -0.05) is 12.8 Å². The van der Waals surface area contributed by atoms with Gasteiger partial charge in [0.2, 0.25) is 0 Å². The van der Waals surface area contributed by atoms with Crippen molar-refractivity contribution in [2.75, 3.05) is 0 Å². The maximum Gasteiger partial charge on any atom is 0.137 e. The van der Waals surface area contributed by atoms with Gasteiger partial charge in [-0.3, -0.25) is 0 Å². The third-order valence-electron chi connectivity index (χ3n) is 2.14. The van der Waals surface area contributed by atoms with E-state index < -0.39 is 0 Å². The molecule has 1 heterocycles. The highest BCUT2D eigenvalue weighted by atomic mass is 15.3. The first-order chi connectivity index (χ1) is 4.97.